The summed E-state index contributed by atoms with van der Waals surface area (Å²) in [5.41, 5.74) is 6.07. The molecule has 0 amide bonds. The van der Waals surface area contributed by atoms with Gasteiger partial charge in [0, 0.05) is 33.2 Å². The first-order chi connectivity index (χ1) is 7.43. The standard InChI is InChI=1S/C10H21N3O2S/c1-12(2)16(14,15)13-6-8-4-3-5-10(11)9(8)7-13/h8-10H,3-7,11H2,1-2H3. The molecule has 94 valence electrons. The molecule has 3 unspecified atom stereocenters. The lowest BCUT2D eigenvalue weighted by molar-refractivity contribution is 0.260. The van der Waals surface area contributed by atoms with Crippen LogP contribution >= 0.6 is 0 Å². The highest BCUT2D eigenvalue weighted by molar-refractivity contribution is 7.86. The van der Waals surface area contributed by atoms with Gasteiger partial charge in [-0.1, -0.05) is 6.42 Å². The van der Waals surface area contributed by atoms with Gasteiger partial charge in [0.25, 0.3) is 10.2 Å². The molecule has 1 saturated heterocycles. The summed E-state index contributed by atoms with van der Waals surface area (Å²) in [4.78, 5) is 0. The molecule has 6 heteroatoms. The maximum absolute atomic E-state index is 12.0. The van der Waals surface area contributed by atoms with Crippen molar-refractivity contribution in [3.8, 4) is 0 Å². The summed E-state index contributed by atoms with van der Waals surface area (Å²) in [6, 6.07) is 0.182. The Kier molecular flexibility index (Phi) is 3.27. The Balaban J connectivity index is 2.13. The molecule has 2 rings (SSSR count). The van der Waals surface area contributed by atoms with Gasteiger partial charge in [0.05, 0.1) is 0 Å². The number of nitrogens with zero attached hydrogens (tertiary/aromatic N) is 2. The van der Waals surface area contributed by atoms with Crippen LogP contribution in [0.3, 0.4) is 0 Å². The summed E-state index contributed by atoms with van der Waals surface area (Å²) in [5.74, 6) is 0.835. The summed E-state index contributed by atoms with van der Waals surface area (Å²) in [6.45, 7) is 1.26. The van der Waals surface area contributed by atoms with E-state index in [1.54, 1.807) is 18.4 Å². The smallest absolute Gasteiger partial charge is 0.281 e. The monoisotopic (exact) mass is 247 g/mol. The summed E-state index contributed by atoms with van der Waals surface area (Å²) < 4.78 is 26.9. The Morgan fingerprint density at radius 1 is 1.25 bits per heavy atom. The number of hydrogen-bond acceptors (Lipinski definition) is 3. The van der Waals surface area contributed by atoms with E-state index in [1.165, 1.54) is 4.31 Å². The SMILES string of the molecule is CN(C)S(=O)(=O)N1CC2CCCC(N)C2C1. The van der Waals surface area contributed by atoms with Crippen LogP contribution in [0, 0.1) is 11.8 Å². The second kappa shape index (κ2) is 4.25. The molecule has 2 N–H and O–H groups in total. The van der Waals surface area contributed by atoms with Crippen molar-refractivity contribution in [2.45, 2.75) is 25.3 Å². The molecule has 0 radical (unpaired) electrons. The minimum Gasteiger partial charge on any atom is -0.327 e. The predicted molar refractivity (Wildman–Crippen MR) is 63.0 cm³/mol. The van der Waals surface area contributed by atoms with Crippen LogP contribution in [-0.4, -0.2) is 50.3 Å². The third-order valence-electron chi connectivity index (χ3n) is 3.91. The Hall–Kier alpha value is -0.170. The quantitative estimate of drug-likeness (QED) is 0.738. The zero-order chi connectivity index (χ0) is 11.9. The van der Waals surface area contributed by atoms with Crippen molar-refractivity contribution in [3.05, 3.63) is 0 Å². The number of fused-ring (bicyclic) bond motifs is 1. The van der Waals surface area contributed by atoms with E-state index in [1.807, 2.05) is 0 Å². The van der Waals surface area contributed by atoms with Gasteiger partial charge < -0.3 is 5.73 Å². The van der Waals surface area contributed by atoms with Crippen molar-refractivity contribution in [1.29, 1.82) is 0 Å². The van der Waals surface area contributed by atoms with Crippen molar-refractivity contribution in [2.75, 3.05) is 27.2 Å². The van der Waals surface area contributed by atoms with Crippen LogP contribution in [0.4, 0.5) is 0 Å². The average molecular weight is 247 g/mol. The highest BCUT2D eigenvalue weighted by Crippen LogP contribution is 2.36. The third kappa shape index (κ3) is 1.99. The van der Waals surface area contributed by atoms with Gasteiger partial charge in [0.2, 0.25) is 0 Å². The number of hydrogen-bond donors (Lipinski definition) is 1. The molecule has 3 atom stereocenters. The fraction of sp³-hybridized carbons (Fsp3) is 1.00. The minimum atomic E-state index is -3.25. The van der Waals surface area contributed by atoms with Crippen LogP contribution in [0.15, 0.2) is 0 Å². The molecule has 0 bridgehead atoms. The minimum absolute atomic E-state index is 0.182. The van der Waals surface area contributed by atoms with Crippen LogP contribution in [0.25, 0.3) is 0 Å². The van der Waals surface area contributed by atoms with Gasteiger partial charge >= 0.3 is 0 Å². The van der Waals surface area contributed by atoms with Gasteiger partial charge in [0.15, 0.2) is 0 Å². The van der Waals surface area contributed by atoms with Crippen molar-refractivity contribution in [1.82, 2.24) is 8.61 Å². The van der Waals surface area contributed by atoms with E-state index in [4.69, 9.17) is 5.73 Å². The van der Waals surface area contributed by atoms with Crippen molar-refractivity contribution < 1.29 is 8.42 Å². The molecule has 1 aliphatic heterocycles. The molecule has 5 nitrogen and oxygen atoms in total. The van der Waals surface area contributed by atoms with Gasteiger partial charge in [-0.3, -0.25) is 0 Å². The number of rotatable bonds is 2. The van der Waals surface area contributed by atoms with Crippen LogP contribution in [0.5, 0.6) is 0 Å². The first-order valence-electron chi connectivity index (χ1n) is 5.86. The van der Waals surface area contributed by atoms with Crippen LogP contribution < -0.4 is 5.73 Å². The van der Waals surface area contributed by atoms with E-state index >= 15 is 0 Å². The third-order valence-corrected chi connectivity index (χ3v) is 5.78. The van der Waals surface area contributed by atoms with Crippen LogP contribution in [-0.2, 0) is 10.2 Å². The Labute approximate surface area is 97.8 Å². The molecule has 1 heterocycles. The molecule has 2 fully saturated rings. The van der Waals surface area contributed by atoms with Crippen LogP contribution in [0.2, 0.25) is 0 Å². The average Bonchev–Trinajstić information content (AvgIpc) is 2.63. The molecular formula is C10H21N3O2S. The lowest BCUT2D eigenvalue weighted by Crippen LogP contribution is -2.40. The first kappa shape index (κ1) is 12.3. The Bertz CT molecular complexity index is 355. The lowest BCUT2D eigenvalue weighted by atomic mass is 9.78. The summed E-state index contributed by atoms with van der Waals surface area (Å²) >= 11 is 0. The largest absolute Gasteiger partial charge is 0.327 e. The van der Waals surface area contributed by atoms with E-state index in [-0.39, 0.29) is 6.04 Å². The topological polar surface area (TPSA) is 66.6 Å². The first-order valence-corrected chi connectivity index (χ1v) is 7.26. The summed E-state index contributed by atoms with van der Waals surface area (Å²) in [6.07, 6.45) is 3.30. The molecule has 1 saturated carbocycles. The van der Waals surface area contributed by atoms with E-state index in [0.29, 0.717) is 24.9 Å². The lowest BCUT2D eigenvalue weighted by Gasteiger charge is -2.29. The maximum atomic E-state index is 12.0. The molecule has 0 aromatic heterocycles. The summed E-state index contributed by atoms with van der Waals surface area (Å²) in [7, 11) is -0.0860. The summed E-state index contributed by atoms with van der Waals surface area (Å²) in [5, 5.41) is 0. The second-order valence-electron chi connectivity index (χ2n) is 5.13. The Morgan fingerprint density at radius 2 is 1.94 bits per heavy atom. The number of nitrogens with two attached hydrogens (primary N) is 1. The molecular weight excluding hydrogens is 226 g/mol. The maximum Gasteiger partial charge on any atom is 0.281 e. The van der Waals surface area contributed by atoms with Gasteiger partial charge in [0.1, 0.15) is 0 Å². The normalized spacial score (nSPS) is 36.6. The predicted octanol–water partition coefficient (Wildman–Crippen LogP) is -0.148. The molecule has 16 heavy (non-hydrogen) atoms. The second-order valence-corrected chi connectivity index (χ2v) is 7.27. The van der Waals surface area contributed by atoms with Gasteiger partial charge in [-0.15, -0.1) is 0 Å². The van der Waals surface area contributed by atoms with E-state index in [0.717, 1.165) is 19.3 Å². The van der Waals surface area contributed by atoms with Crippen molar-refractivity contribution in [2.24, 2.45) is 17.6 Å². The highest BCUT2D eigenvalue weighted by Gasteiger charge is 2.43. The molecule has 0 aromatic rings. The van der Waals surface area contributed by atoms with Crippen molar-refractivity contribution in [3.63, 3.8) is 0 Å². The Morgan fingerprint density at radius 3 is 2.50 bits per heavy atom. The van der Waals surface area contributed by atoms with Gasteiger partial charge in [-0.25, -0.2) is 0 Å². The van der Waals surface area contributed by atoms with E-state index in [2.05, 4.69) is 0 Å². The molecule has 1 aliphatic carbocycles. The fourth-order valence-corrected chi connectivity index (χ4v) is 4.10. The van der Waals surface area contributed by atoms with Gasteiger partial charge in [-0.05, 0) is 24.7 Å². The van der Waals surface area contributed by atoms with Crippen LogP contribution in [0.1, 0.15) is 19.3 Å². The fourth-order valence-electron chi connectivity index (χ4n) is 2.90. The zero-order valence-corrected chi connectivity index (χ0v) is 10.8. The zero-order valence-electron chi connectivity index (χ0n) is 9.96. The van der Waals surface area contributed by atoms with E-state index in [9.17, 15) is 8.42 Å². The van der Waals surface area contributed by atoms with E-state index < -0.39 is 10.2 Å². The highest BCUT2D eigenvalue weighted by atomic mass is 32.2. The molecule has 0 aromatic carbocycles. The van der Waals surface area contributed by atoms with Gasteiger partial charge in [-0.2, -0.15) is 17.0 Å². The molecule has 2 aliphatic rings. The van der Waals surface area contributed by atoms with Crippen molar-refractivity contribution >= 4 is 10.2 Å². The molecule has 0 spiro atoms.